The summed E-state index contributed by atoms with van der Waals surface area (Å²) in [5.74, 6) is -0.777. The van der Waals surface area contributed by atoms with Crippen molar-refractivity contribution in [3.63, 3.8) is 0 Å². The molecule has 0 radical (unpaired) electrons. The molecule has 2 atom stereocenters. The van der Waals surface area contributed by atoms with E-state index >= 15 is 0 Å². The van der Waals surface area contributed by atoms with Gasteiger partial charge in [0.25, 0.3) is 5.82 Å². The number of hydrogen-bond acceptors (Lipinski definition) is 7. The van der Waals surface area contributed by atoms with Crippen LogP contribution in [0.4, 0.5) is 13.2 Å². The highest BCUT2D eigenvalue weighted by atomic mass is 19.4. The number of ether oxygens (including phenoxy) is 1. The van der Waals surface area contributed by atoms with Gasteiger partial charge >= 0.3 is 6.18 Å². The molecule has 2 heterocycles. The average Bonchev–Trinajstić information content (AvgIpc) is 3.45. The van der Waals surface area contributed by atoms with E-state index < -0.39 is 12.0 Å². The molecule has 0 saturated carbocycles. The molecule has 1 aliphatic heterocycles. The number of amides is 2. The third-order valence-corrected chi connectivity index (χ3v) is 6.92. The Morgan fingerprint density at radius 2 is 1.93 bits per heavy atom. The lowest BCUT2D eigenvalue weighted by molar-refractivity contribution is -0.146. The van der Waals surface area contributed by atoms with Crippen LogP contribution in [-0.4, -0.2) is 69.7 Å². The van der Waals surface area contributed by atoms with E-state index in [4.69, 9.17) is 4.74 Å². The Kier molecular flexibility index (Phi) is 9.35. The molecule has 1 fully saturated rings. The van der Waals surface area contributed by atoms with E-state index in [1.165, 1.54) is 20.1 Å². The van der Waals surface area contributed by atoms with Crippen LogP contribution in [0.5, 0.6) is 5.75 Å². The van der Waals surface area contributed by atoms with Gasteiger partial charge in [-0.1, -0.05) is 30.3 Å². The van der Waals surface area contributed by atoms with Gasteiger partial charge in [0.1, 0.15) is 5.75 Å². The van der Waals surface area contributed by atoms with Crippen molar-refractivity contribution in [1.29, 1.82) is 0 Å². The molecule has 2 aromatic carbocycles. The van der Waals surface area contributed by atoms with Crippen LogP contribution in [0, 0.1) is 0 Å². The fourth-order valence-corrected chi connectivity index (χ4v) is 4.94. The van der Waals surface area contributed by atoms with Crippen LogP contribution in [0.3, 0.4) is 0 Å². The molecule has 4 rings (SSSR count). The highest BCUT2D eigenvalue weighted by molar-refractivity contribution is 5.76. The first-order chi connectivity index (χ1) is 19.2. The normalized spacial score (nSPS) is 17.5. The van der Waals surface area contributed by atoms with Gasteiger partial charge in [0.2, 0.25) is 11.8 Å². The molecule has 3 aromatic rings. The molecule has 2 N–H and O–H groups in total. The van der Waals surface area contributed by atoms with E-state index in [1.807, 2.05) is 35.2 Å². The molecule has 1 aliphatic rings. The van der Waals surface area contributed by atoms with E-state index in [9.17, 15) is 22.8 Å². The maximum absolute atomic E-state index is 13.4. The number of carbonyl (C=O) groups excluding carboxylic acids is 2. The van der Waals surface area contributed by atoms with Crippen molar-refractivity contribution in [1.82, 2.24) is 35.7 Å². The number of carbonyl (C=O) groups is 2. The van der Waals surface area contributed by atoms with Crippen LogP contribution in [0.15, 0.2) is 48.5 Å². The van der Waals surface area contributed by atoms with Crippen molar-refractivity contribution < 1.29 is 27.5 Å². The molecule has 1 saturated heterocycles. The van der Waals surface area contributed by atoms with Crippen molar-refractivity contribution in [3.8, 4) is 11.4 Å². The number of tetrazole rings is 1. The molecule has 0 aliphatic carbocycles. The Morgan fingerprint density at radius 1 is 1.15 bits per heavy atom. The number of nitrogens with zero attached hydrogens (tertiary/aromatic N) is 5. The standard InChI is InChI=1S/C27H32F3N7O3/c1-18(38)31-13-6-9-25(39)36-14-12-23(22(17-36)19-7-4-3-5-8-19)32-16-20-15-21(10-11-24(20)40-2)37-26(27(28,29)30)33-34-35-37/h3-5,7-8,10-11,15,22-23,32H,6,9,12-14,16-17H2,1-2H3,(H,31,38). The van der Waals surface area contributed by atoms with E-state index in [2.05, 4.69) is 26.2 Å². The maximum atomic E-state index is 13.4. The Hall–Kier alpha value is -4.00. The zero-order valence-corrected chi connectivity index (χ0v) is 22.3. The number of nitrogens with one attached hydrogen (secondary N) is 2. The summed E-state index contributed by atoms with van der Waals surface area (Å²) in [6.07, 6.45) is -3.11. The molecular weight excluding hydrogens is 527 g/mol. The Labute approximate surface area is 229 Å². The molecule has 0 spiro atoms. The zero-order valence-electron chi connectivity index (χ0n) is 22.3. The monoisotopic (exact) mass is 559 g/mol. The second-order valence-electron chi connectivity index (χ2n) is 9.63. The lowest BCUT2D eigenvalue weighted by Gasteiger charge is -2.39. The Morgan fingerprint density at radius 3 is 2.62 bits per heavy atom. The number of hydrogen-bond donors (Lipinski definition) is 2. The summed E-state index contributed by atoms with van der Waals surface area (Å²) >= 11 is 0. The van der Waals surface area contributed by atoms with Crippen molar-refractivity contribution in [2.45, 2.75) is 50.9 Å². The summed E-state index contributed by atoms with van der Waals surface area (Å²) in [6, 6.07) is 14.5. The molecular formula is C27H32F3N7O3. The van der Waals surface area contributed by atoms with Crippen molar-refractivity contribution >= 4 is 11.8 Å². The molecule has 1 aromatic heterocycles. The third-order valence-electron chi connectivity index (χ3n) is 6.92. The number of aromatic nitrogens is 4. The third kappa shape index (κ3) is 7.14. The summed E-state index contributed by atoms with van der Waals surface area (Å²) in [5, 5.41) is 16.1. The number of likely N-dealkylation sites (tertiary alicyclic amines) is 1. The first kappa shape index (κ1) is 29.0. The van der Waals surface area contributed by atoms with Gasteiger partial charge in [-0.3, -0.25) is 9.59 Å². The zero-order chi connectivity index (χ0) is 28.7. The molecule has 40 heavy (non-hydrogen) atoms. The predicted molar refractivity (Wildman–Crippen MR) is 140 cm³/mol. The Bertz CT molecular complexity index is 1300. The van der Waals surface area contributed by atoms with Gasteiger partial charge in [-0.05, 0) is 47.0 Å². The molecule has 13 heteroatoms. The number of rotatable bonds is 10. The van der Waals surface area contributed by atoms with E-state index in [1.54, 1.807) is 12.1 Å². The number of benzene rings is 2. The Balaban J connectivity index is 1.49. The average molecular weight is 560 g/mol. The van der Waals surface area contributed by atoms with Gasteiger partial charge in [-0.25, -0.2) is 0 Å². The highest BCUT2D eigenvalue weighted by Gasteiger charge is 2.38. The van der Waals surface area contributed by atoms with Gasteiger partial charge in [0.15, 0.2) is 0 Å². The first-order valence-corrected chi connectivity index (χ1v) is 13.0. The number of alkyl halides is 3. The minimum absolute atomic E-state index is 0.000213. The lowest BCUT2D eigenvalue weighted by atomic mass is 9.85. The SMILES string of the molecule is COc1ccc(-n2nnnc2C(F)(F)F)cc1CNC1CCN(C(=O)CCCNC(C)=O)CC1c1ccccc1. The number of methoxy groups -OCH3 is 1. The summed E-state index contributed by atoms with van der Waals surface area (Å²) in [6.45, 7) is 3.31. The van der Waals surface area contributed by atoms with Gasteiger partial charge in [0, 0.05) is 57.0 Å². The lowest BCUT2D eigenvalue weighted by Crippen LogP contribution is -2.49. The molecule has 214 valence electrons. The second-order valence-corrected chi connectivity index (χ2v) is 9.63. The summed E-state index contributed by atoms with van der Waals surface area (Å²) < 4.78 is 46.2. The van der Waals surface area contributed by atoms with Crippen molar-refractivity contribution in [2.75, 3.05) is 26.7 Å². The van der Waals surface area contributed by atoms with Gasteiger partial charge < -0.3 is 20.3 Å². The van der Waals surface area contributed by atoms with Gasteiger partial charge in [-0.2, -0.15) is 17.9 Å². The minimum Gasteiger partial charge on any atom is -0.496 e. The van der Waals surface area contributed by atoms with E-state index in [0.29, 0.717) is 61.4 Å². The van der Waals surface area contributed by atoms with Crippen molar-refractivity contribution in [3.05, 3.63) is 65.5 Å². The summed E-state index contributed by atoms with van der Waals surface area (Å²) in [5.41, 5.74) is 1.89. The minimum atomic E-state index is -4.71. The summed E-state index contributed by atoms with van der Waals surface area (Å²) in [7, 11) is 1.50. The highest BCUT2D eigenvalue weighted by Crippen LogP contribution is 2.31. The second kappa shape index (κ2) is 12.9. The molecule has 0 bridgehead atoms. The van der Waals surface area contributed by atoms with Crippen LogP contribution in [0.25, 0.3) is 5.69 Å². The van der Waals surface area contributed by atoms with Gasteiger partial charge in [-0.15, -0.1) is 5.10 Å². The van der Waals surface area contributed by atoms with Crippen LogP contribution in [-0.2, 0) is 22.3 Å². The summed E-state index contributed by atoms with van der Waals surface area (Å²) in [4.78, 5) is 25.9. The van der Waals surface area contributed by atoms with Crippen LogP contribution >= 0.6 is 0 Å². The molecule has 10 nitrogen and oxygen atoms in total. The van der Waals surface area contributed by atoms with Gasteiger partial charge in [0.05, 0.1) is 12.8 Å². The molecule has 2 unspecified atom stereocenters. The van der Waals surface area contributed by atoms with Crippen LogP contribution in [0.1, 0.15) is 49.1 Å². The molecule has 2 amide bonds. The van der Waals surface area contributed by atoms with Crippen LogP contribution in [0.2, 0.25) is 0 Å². The predicted octanol–water partition coefficient (Wildman–Crippen LogP) is 3.08. The quantitative estimate of drug-likeness (QED) is 0.367. The van der Waals surface area contributed by atoms with E-state index in [-0.39, 0.29) is 29.5 Å². The van der Waals surface area contributed by atoms with Crippen molar-refractivity contribution in [2.24, 2.45) is 0 Å². The fraction of sp³-hybridized carbons (Fsp3) is 0.444. The van der Waals surface area contributed by atoms with Crippen LogP contribution < -0.4 is 15.4 Å². The maximum Gasteiger partial charge on any atom is 0.453 e. The number of piperidine rings is 1. The smallest absolute Gasteiger partial charge is 0.453 e. The number of halogens is 3. The first-order valence-electron chi connectivity index (χ1n) is 13.0. The topological polar surface area (TPSA) is 114 Å². The van der Waals surface area contributed by atoms with E-state index in [0.717, 1.165) is 5.56 Å². The fourth-order valence-electron chi connectivity index (χ4n) is 4.94. The largest absolute Gasteiger partial charge is 0.496 e.